The molecule has 1 saturated heterocycles. The Kier molecular flexibility index (Phi) is 5.32. The van der Waals surface area contributed by atoms with E-state index in [1.165, 1.54) is 5.56 Å². The van der Waals surface area contributed by atoms with Gasteiger partial charge in [0.1, 0.15) is 13.2 Å². The number of benzene rings is 2. The van der Waals surface area contributed by atoms with E-state index in [1.54, 1.807) is 0 Å². The average molecular weight is 419 g/mol. The lowest BCUT2D eigenvalue weighted by atomic mass is 10.0. The molecule has 7 nitrogen and oxygen atoms in total. The van der Waals surface area contributed by atoms with Crippen LogP contribution in [0.15, 0.2) is 46.9 Å². The minimum Gasteiger partial charge on any atom is -0.486 e. The van der Waals surface area contributed by atoms with Gasteiger partial charge in [0.15, 0.2) is 11.5 Å². The van der Waals surface area contributed by atoms with Crippen LogP contribution in [0.5, 0.6) is 11.5 Å². The van der Waals surface area contributed by atoms with Crippen LogP contribution in [0.1, 0.15) is 42.3 Å². The average Bonchev–Trinajstić information content (AvgIpc) is 3.48. The summed E-state index contributed by atoms with van der Waals surface area (Å²) in [6.45, 7) is 3.92. The van der Waals surface area contributed by atoms with Crippen LogP contribution in [0.2, 0.25) is 0 Å². The first kappa shape index (κ1) is 19.6. The monoisotopic (exact) mass is 419 g/mol. The van der Waals surface area contributed by atoms with Crippen LogP contribution in [0.4, 0.5) is 0 Å². The molecule has 31 heavy (non-hydrogen) atoms. The molecular weight excluding hydrogens is 394 g/mol. The van der Waals surface area contributed by atoms with Gasteiger partial charge in [-0.05, 0) is 49.6 Å². The van der Waals surface area contributed by atoms with E-state index in [0.717, 1.165) is 42.0 Å². The Hall–Kier alpha value is -3.35. The molecule has 160 valence electrons. The number of aromatic nitrogens is 2. The maximum atomic E-state index is 13.0. The van der Waals surface area contributed by atoms with E-state index in [9.17, 15) is 4.79 Å². The molecule has 0 aliphatic carbocycles. The number of aryl methyl sites for hydroxylation is 2. The van der Waals surface area contributed by atoms with Gasteiger partial charge in [-0.15, -0.1) is 10.2 Å². The van der Waals surface area contributed by atoms with Crippen molar-refractivity contribution in [1.29, 1.82) is 0 Å². The van der Waals surface area contributed by atoms with Crippen LogP contribution in [0.3, 0.4) is 0 Å². The predicted octanol–water partition coefficient (Wildman–Crippen LogP) is 4.11. The number of carbonyl (C=O) groups excluding carboxylic acids is 1. The van der Waals surface area contributed by atoms with Gasteiger partial charge < -0.3 is 18.8 Å². The van der Waals surface area contributed by atoms with E-state index in [4.69, 9.17) is 13.9 Å². The van der Waals surface area contributed by atoms with Crippen LogP contribution in [-0.2, 0) is 11.2 Å². The Bertz CT molecular complexity index is 1080. The van der Waals surface area contributed by atoms with Crippen molar-refractivity contribution in [2.24, 2.45) is 0 Å². The van der Waals surface area contributed by atoms with Gasteiger partial charge in [0.25, 0.3) is 0 Å². The van der Waals surface area contributed by atoms with Gasteiger partial charge >= 0.3 is 0 Å². The van der Waals surface area contributed by atoms with Gasteiger partial charge in [-0.3, -0.25) is 4.79 Å². The summed E-state index contributed by atoms with van der Waals surface area (Å²) in [5.74, 6) is 2.61. The number of rotatable bonds is 5. The number of fused-ring (bicyclic) bond motifs is 1. The standard InChI is InChI=1S/C24H25N3O4/c1-16-4-6-17(7-5-16)24-26-25-22(31-24)10-11-23(28)27-12-2-3-19(27)18-8-9-20-21(15-18)30-14-13-29-20/h4-9,15,19H,2-3,10-14H2,1H3/t19-/m0/s1. The summed E-state index contributed by atoms with van der Waals surface area (Å²) in [6, 6.07) is 14.0. The molecule has 0 unspecified atom stereocenters. The summed E-state index contributed by atoms with van der Waals surface area (Å²) in [5.41, 5.74) is 3.15. The minimum absolute atomic E-state index is 0.0640. The number of likely N-dealkylation sites (tertiary alicyclic amines) is 1. The molecular formula is C24H25N3O4. The number of ether oxygens (including phenoxy) is 2. The lowest BCUT2D eigenvalue weighted by molar-refractivity contribution is -0.132. The molecule has 0 bridgehead atoms. The fraction of sp³-hybridized carbons (Fsp3) is 0.375. The zero-order valence-corrected chi connectivity index (χ0v) is 17.5. The highest BCUT2D eigenvalue weighted by Crippen LogP contribution is 2.38. The normalized spacial score (nSPS) is 17.7. The van der Waals surface area contributed by atoms with Gasteiger partial charge in [0, 0.05) is 24.9 Å². The molecule has 2 aliphatic heterocycles. The third kappa shape index (κ3) is 4.13. The number of hydrogen-bond acceptors (Lipinski definition) is 6. The summed E-state index contributed by atoms with van der Waals surface area (Å²) < 4.78 is 17.1. The first-order valence-electron chi connectivity index (χ1n) is 10.8. The molecule has 1 amide bonds. The van der Waals surface area contributed by atoms with Crippen LogP contribution in [0.25, 0.3) is 11.5 Å². The second-order valence-electron chi connectivity index (χ2n) is 8.02. The molecule has 2 aliphatic rings. The Morgan fingerprint density at radius 2 is 1.87 bits per heavy atom. The third-order valence-corrected chi connectivity index (χ3v) is 5.84. The Morgan fingerprint density at radius 3 is 2.71 bits per heavy atom. The van der Waals surface area contributed by atoms with Crippen LogP contribution in [-0.4, -0.2) is 40.8 Å². The number of nitrogens with zero attached hydrogens (tertiary/aromatic N) is 3. The molecule has 0 radical (unpaired) electrons. The van der Waals surface area contributed by atoms with E-state index >= 15 is 0 Å². The van der Waals surface area contributed by atoms with Crippen molar-refractivity contribution in [2.75, 3.05) is 19.8 Å². The Morgan fingerprint density at radius 1 is 1.06 bits per heavy atom. The Balaban J connectivity index is 1.23. The van der Waals surface area contributed by atoms with Gasteiger partial charge in [-0.25, -0.2) is 0 Å². The highest BCUT2D eigenvalue weighted by molar-refractivity contribution is 5.77. The van der Waals surface area contributed by atoms with Crippen molar-refractivity contribution in [3.05, 3.63) is 59.5 Å². The largest absolute Gasteiger partial charge is 0.486 e. The summed E-state index contributed by atoms with van der Waals surface area (Å²) >= 11 is 0. The van der Waals surface area contributed by atoms with Gasteiger partial charge in [-0.2, -0.15) is 0 Å². The number of amides is 1. The highest BCUT2D eigenvalue weighted by atomic mass is 16.6. The summed E-state index contributed by atoms with van der Waals surface area (Å²) in [7, 11) is 0. The van der Waals surface area contributed by atoms with E-state index in [1.807, 2.05) is 54.3 Å². The lowest BCUT2D eigenvalue weighted by Gasteiger charge is -2.26. The highest BCUT2D eigenvalue weighted by Gasteiger charge is 2.30. The van der Waals surface area contributed by atoms with Gasteiger partial charge in [0.2, 0.25) is 17.7 Å². The van der Waals surface area contributed by atoms with Crippen LogP contribution >= 0.6 is 0 Å². The van der Waals surface area contributed by atoms with E-state index in [-0.39, 0.29) is 11.9 Å². The van der Waals surface area contributed by atoms with Crippen molar-refractivity contribution in [3.8, 4) is 23.0 Å². The SMILES string of the molecule is Cc1ccc(-c2nnc(CCC(=O)N3CCC[C@H]3c3ccc4c(c3)OCCO4)o2)cc1. The molecule has 1 fully saturated rings. The maximum absolute atomic E-state index is 13.0. The van der Waals surface area contributed by atoms with Crippen molar-refractivity contribution in [3.63, 3.8) is 0 Å². The van der Waals surface area contributed by atoms with E-state index in [2.05, 4.69) is 10.2 Å². The molecule has 0 saturated carbocycles. The molecule has 1 aromatic heterocycles. The van der Waals surface area contributed by atoms with Crippen molar-refractivity contribution in [2.45, 2.75) is 38.6 Å². The molecule has 7 heteroatoms. The zero-order valence-electron chi connectivity index (χ0n) is 17.5. The first-order valence-corrected chi connectivity index (χ1v) is 10.8. The molecule has 3 heterocycles. The molecule has 5 rings (SSSR count). The fourth-order valence-corrected chi connectivity index (χ4v) is 4.20. The Labute approximate surface area is 181 Å². The van der Waals surface area contributed by atoms with Crippen molar-refractivity contribution < 1.29 is 18.7 Å². The smallest absolute Gasteiger partial charge is 0.247 e. The second kappa shape index (κ2) is 8.41. The van der Waals surface area contributed by atoms with E-state index < -0.39 is 0 Å². The van der Waals surface area contributed by atoms with Crippen molar-refractivity contribution in [1.82, 2.24) is 15.1 Å². The quantitative estimate of drug-likeness (QED) is 0.619. The molecule has 0 N–H and O–H groups in total. The summed E-state index contributed by atoms with van der Waals surface area (Å²) in [4.78, 5) is 14.9. The number of hydrogen-bond donors (Lipinski definition) is 0. The topological polar surface area (TPSA) is 77.7 Å². The van der Waals surface area contributed by atoms with Crippen LogP contribution in [0, 0.1) is 6.92 Å². The zero-order chi connectivity index (χ0) is 21.2. The fourth-order valence-electron chi connectivity index (χ4n) is 4.20. The first-order chi connectivity index (χ1) is 15.2. The third-order valence-electron chi connectivity index (χ3n) is 5.84. The van der Waals surface area contributed by atoms with Gasteiger partial charge in [0.05, 0.1) is 6.04 Å². The molecule has 0 spiro atoms. The van der Waals surface area contributed by atoms with Crippen molar-refractivity contribution >= 4 is 5.91 Å². The lowest BCUT2D eigenvalue weighted by Crippen LogP contribution is -2.30. The molecule has 2 aromatic carbocycles. The molecule has 1 atom stereocenters. The number of carbonyl (C=O) groups is 1. The predicted molar refractivity (Wildman–Crippen MR) is 114 cm³/mol. The van der Waals surface area contributed by atoms with Gasteiger partial charge in [-0.1, -0.05) is 23.8 Å². The second-order valence-corrected chi connectivity index (χ2v) is 8.02. The maximum Gasteiger partial charge on any atom is 0.247 e. The minimum atomic E-state index is 0.0640. The van der Waals surface area contributed by atoms with E-state index in [0.29, 0.717) is 37.8 Å². The summed E-state index contributed by atoms with van der Waals surface area (Å²) in [5, 5.41) is 8.25. The summed E-state index contributed by atoms with van der Waals surface area (Å²) in [6.07, 6.45) is 2.71. The molecule has 3 aromatic rings. The van der Waals surface area contributed by atoms with Crippen LogP contribution < -0.4 is 9.47 Å².